The number of aryl methyl sites for hydroxylation is 1. The van der Waals surface area contributed by atoms with Crippen LogP contribution in [0.25, 0.3) is 5.65 Å². The van der Waals surface area contributed by atoms with Crippen molar-refractivity contribution in [2.45, 2.75) is 32.4 Å². The fraction of sp³-hybridized carbons (Fsp3) is 0.455. The first-order chi connectivity index (χ1) is 14.2. The lowest BCUT2D eigenvalue weighted by Crippen LogP contribution is -2.44. The number of fused-ring (bicyclic) bond motifs is 1. The van der Waals surface area contributed by atoms with E-state index in [-0.39, 0.29) is 24.0 Å². The zero-order valence-corrected chi connectivity index (χ0v) is 21.0. The highest BCUT2D eigenvalue weighted by Crippen LogP contribution is 2.36. The number of guanidine groups is 1. The van der Waals surface area contributed by atoms with Crippen molar-refractivity contribution >= 4 is 46.9 Å². The fourth-order valence-corrected chi connectivity index (χ4v) is 5.27. The number of aromatic nitrogens is 2. The zero-order chi connectivity index (χ0) is 20.2. The highest BCUT2D eigenvalue weighted by atomic mass is 127. The van der Waals surface area contributed by atoms with Crippen LogP contribution in [0.3, 0.4) is 0 Å². The van der Waals surface area contributed by atoms with E-state index in [2.05, 4.69) is 68.7 Å². The Morgan fingerprint density at radius 1 is 1.27 bits per heavy atom. The summed E-state index contributed by atoms with van der Waals surface area (Å²) in [6.07, 6.45) is 4.58. The van der Waals surface area contributed by atoms with Crippen molar-refractivity contribution in [2.75, 3.05) is 27.2 Å². The molecule has 2 N–H and O–H groups in total. The first kappa shape index (κ1) is 23.0. The van der Waals surface area contributed by atoms with Crippen molar-refractivity contribution in [2.24, 2.45) is 10.9 Å². The van der Waals surface area contributed by atoms with Crippen LogP contribution >= 0.6 is 35.3 Å². The van der Waals surface area contributed by atoms with Crippen molar-refractivity contribution in [1.29, 1.82) is 0 Å². The monoisotopic (exact) mass is 538 g/mol. The van der Waals surface area contributed by atoms with Gasteiger partial charge in [0.15, 0.2) is 5.96 Å². The molecule has 2 unspecified atom stereocenters. The van der Waals surface area contributed by atoms with Gasteiger partial charge in [-0.15, -0.1) is 35.3 Å². The van der Waals surface area contributed by atoms with Crippen molar-refractivity contribution in [3.05, 3.63) is 58.2 Å². The van der Waals surface area contributed by atoms with Gasteiger partial charge in [-0.05, 0) is 62.9 Å². The summed E-state index contributed by atoms with van der Waals surface area (Å²) in [5, 5.41) is 9.15. The maximum absolute atomic E-state index is 4.70. The molecule has 30 heavy (non-hydrogen) atoms. The second kappa shape index (κ2) is 10.6. The molecule has 3 aromatic heterocycles. The van der Waals surface area contributed by atoms with E-state index in [1.807, 2.05) is 30.5 Å². The molecule has 0 radical (unpaired) electrons. The van der Waals surface area contributed by atoms with E-state index >= 15 is 0 Å². The van der Waals surface area contributed by atoms with Crippen molar-refractivity contribution in [3.63, 3.8) is 0 Å². The maximum Gasteiger partial charge on any atom is 0.191 e. The Kier molecular flexibility index (Phi) is 8.13. The van der Waals surface area contributed by atoms with E-state index in [1.165, 1.54) is 30.0 Å². The van der Waals surface area contributed by atoms with Crippen LogP contribution in [0.4, 0.5) is 0 Å². The molecule has 162 valence electrons. The normalized spacial score (nSPS) is 20.2. The third-order valence-electron chi connectivity index (χ3n) is 5.78. The molecule has 8 heteroatoms. The van der Waals surface area contributed by atoms with E-state index in [4.69, 9.17) is 4.98 Å². The highest BCUT2D eigenvalue weighted by molar-refractivity contribution is 14.0. The molecule has 1 saturated heterocycles. The number of nitrogens with zero attached hydrogens (tertiary/aromatic N) is 4. The molecule has 0 spiro atoms. The Labute approximate surface area is 199 Å². The number of thiophene rings is 1. The summed E-state index contributed by atoms with van der Waals surface area (Å²) in [4.78, 5) is 13.1. The number of likely N-dealkylation sites (tertiary alicyclic amines) is 1. The van der Waals surface area contributed by atoms with Gasteiger partial charge in [0.2, 0.25) is 0 Å². The predicted molar refractivity (Wildman–Crippen MR) is 136 cm³/mol. The van der Waals surface area contributed by atoms with E-state index in [0.717, 1.165) is 23.8 Å². The second-order valence-electron chi connectivity index (χ2n) is 7.78. The summed E-state index contributed by atoms with van der Waals surface area (Å²) in [6, 6.07) is 11.1. The summed E-state index contributed by atoms with van der Waals surface area (Å²) >= 11 is 1.86. The Hall–Kier alpha value is -1.65. The lowest BCUT2D eigenvalue weighted by molar-refractivity contribution is 0.125. The minimum Gasteiger partial charge on any atom is -0.356 e. The summed E-state index contributed by atoms with van der Waals surface area (Å²) in [6.45, 7) is 4.83. The maximum atomic E-state index is 4.70. The molecule has 6 nitrogen and oxygen atoms in total. The van der Waals surface area contributed by atoms with Crippen LogP contribution in [0.5, 0.6) is 0 Å². The molecule has 1 fully saturated rings. The van der Waals surface area contributed by atoms with E-state index < -0.39 is 0 Å². The first-order valence-electron chi connectivity index (χ1n) is 10.3. The Bertz CT molecular complexity index is 967. The summed E-state index contributed by atoms with van der Waals surface area (Å²) in [5.74, 6) is 1.40. The van der Waals surface area contributed by atoms with Gasteiger partial charge in [0, 0.05) is 36.4 Å². The van der Waals surface area contributed by atoms with Gasteiger partial charge in [0.05, 0.1) is 12.2 Å². The summed E-state index contributed by atoms with van der Waals surface area (Å²) in [7, 11) is 4.07. The number of pyridine rings is 1. The molecule has 4 heterocycles. The van der Waals surface area contributed by atoms with Crippen molar-refractivity contribution < 1.29 is 0 Å². The number of halogens is 1. The smallest absolute Gasteiger partial charge is 0.191 e. The molecule has 0 bridgehead atoms. The minimum absolute atomic E-state index is 0. The SMILES string of the molecule is CN=C(NCc1cn2c(C)cccc2n1)NCC1CCCN(C)C1c1cccs1.I. The molecule has 0 aliphatic carbocycles. The Morgan fingerprint density at radius 3 is 2.87 bits per heavy atom. The number of hydrogen-bond donors (Lipinski definition) is 2. The number of aliphatic imine (C=N–C) groups is 1. The van der Waals surface area contributed by atoms with Crippen LogP contribution < -0.4 is 10.6 Å². The number of imidazole rings is 1. The van der Waals surface area contributed by atoms with Crippen molar-refractivity contribution in [1.82, 2.24) is 24.9 Å². The van der Waals surface area contributed by atoms with Gasteiger partial charge in [-0.3, -0.25) is 9.89 Å². The lowest BCUT2D eigenvalue weighted by Gasteiger charge is -2.39. The Balaban J connectivity index is 0.00000256. The van der Waals surface area contributed by atoms with Crippen LogP contribution in [0.2, 0.25) is 0 Å². The third kappa shape index (κ3) is 5.15. The number of rotatable bonds is 5. The molecule has 0 aromatic carbocycles. The van der Waals surface area contributed by atoms with Gasteiger partial charge in [0.25, 0.3) is 0 Å². The highest BCUT2D eigenvalue weighted by Gasteiger charge is 2.31. The van der Waals surface area contributed by atoms with Crippen LogP contribution in [0, 0.1) is 12.8 Å². The molecule has 1 aliphatic heterocycles. The molecular weight excluding hydrogens is 507 g/mol. The number of hydrogen-bond acceptors (Lipinski definition) is 4. The summed E-state index contributed by atoms with van der Waals surface area (Å²) in [5.41, 5.74) is 3.18. The van der Waals surface area contributed by atoms with Gasteiger partial charge in [-0.2, -0.15) is 0 Å². The fourth-order valence-electron chi connectivity index (χ4n) is 4.29. The third-order valence-corrected chi connectivity index (χ3v) is 6.72. The first-order valence-corrected chi connectivity index (χ1v) is 11.2. The zero-order valence-electron chi connectivity index (χ0n) is 17.8. The average molecular weight is 539 g/mol. The van der Waals surface area contributed by atoms with E-state index in [1.54, 1.807) is 0 Å². The Morgan fingerprint density at radius 2 is 2.13 bits per heavy atom. The van der Waals surface area contributed by atoms with E-state index in [0.29, 0.717) is 18.5 Å². The average Bonchev–Trinajstić information content (AvgIpc) is 3.38. The van der Waals surface area contributed by atoms with Crippen LogP contribution in [-0.4, -0.2) is 47.4 Å². The largest absolute Gasteiger partial charge is 0.356 e. The molecule has 0 saturated carbocycles. The minimum atomic E-state index is 0. The lowest BCUT2D eigenvalue weighted by atomic mass is 9.88. The van der Waals surface area contributed by atoms with Gasteiger partial charge in [0.1, 0.15) is 5.65 Å². The van der Waals surface area contributed by atoms with Gasteiger partial charge >= 0.3 is 0 Å². The van der Waals surface area contributed by atoms with Crippen LogP contribution in [0.15, 0.2) is 46.9 Å². The second-order valence-corrected chi connectivity index (χ2v) is 8.76. The molecule has 2 atom stereocenters. The van der Waals surface area contributed by atoms with E-state index in [9.17, 15) is 0 Å². The quantitative estimate of drug-likeness (QED) is 0.292. The number of piperidine rings is 1. The molecule has 4 rings (SSSR count). The van der Waals surface area contributed by atoms with Gasteiger partial charge in [-0.1, -0.05) is 12.1 Å². The van der Waals surface area contributed by atoms with Gasteiger partial charge in [-0.25, -0.2) is 4.98 Å². The summed E-state index contributed by atoms with van der Waals surface area (Å²) < 4.78 is 2.12. The molecule has 0 amide bonds. The van der Waals surface area contributed by atoms with Gasteiger partial charge < -0.3 is 15.0 Å². The van der Waals surface area contributed by atoms with Crippen LogP contribution in [-0.2, 0) is 6.54 Å². The topological polar surface area (TPSA) is 57.0 Å². The molecule has 1 aliphatic rings. The van der Waals surface area contributed by atoms with Crippen LogP contribution in [0.1, 0.15) is 35.1 Å². The predicted octanol–water partition coefficient (Wildman–Crippen LogP) is 4.07. The standard InChI is InChI=1S/C22H30N6S.HI/c1-16-7-4-10-20-26-18(15-28(16)20)14-25-22(23-2)24-13-17-8-5-11-27(3)21(17)19-9-6-12-29-19;/h4,6-7,9-10,12,15,17,21H,5,8,11,13-14H2,1-3H3,(H2,23,24,25);1H. The molecular formula is C22H31IN6S. The van der Waals surface area contributed by atoms with Crippen molar-refractivity contribution in [3.8, 4) is 0 Å². The number of nitrogens with one attached hydrogen (secondary N) is 2. The molecule has 3 aromatic rings.